The van der Waals surface area contributed by atoms with Crippen LogP contribution in [0.15, 0.2) is 48.5 Å². The van der Waals surface area contributed by atoms with Crippen LogP contribution in [0.3, 0.4) is 0 Å². The van der Waals surface area contributed by atoms with E-state index >= 15 is 0 Å². The highest BCUT2D eigenvalue weighted by Crippen LogP contribution is 2.31. The molecule has 1 amide bonds. The van der Waals surface area contributed by atoms with Crippen LogP contribution in [0.5, 0.6) is 0 Å². The van der Waals surface area contributed by atoms with Crippen LogP contribution in [-0.2, 0) is 11.2 Å². The molecule has 1 aliphatic rings. The Bertz CT molecular complexity index is 654. The normalized spacial score (nSPS) is 16.7. The van der Waals surface area contributed by atoms with Crippen molar-refractivity contribution in [3.8, 4) is 0 Å². The van der Waals surface area contributed by atoms with E-state index < -0.39 is 0 Å². The number of nitrogens with one attached hydrogen (secondary N) is 1. The van der Waals surface area contributed by atoms with Gasteiger partial charge in [0.2, 0.25) is 5.91 Å². The van der Waals surface area contributed by atoms with Crippen molar-refractivity contribution in [2.75, 3.05) is 16.8 Å². The van der Waals surface area contributed by atoms with Crippen LogP contribution in [0.4, 0.5) is 11.4 Å². The first-order valence-electron chi connectivity index (χ1n) is 7.04. The fraction of sp³-hybridized carbons (Fsp3) is 0.235. The fourth-order valence-corrected chi connectivity index (χ4v) is 3.14. The number of amides is 1. The number of fused-ring (bicyclic) bond motifs is 1. The van der Waals surface area contributed by atoms with Gasteiger partial charge in [0.25, 0.3) is 0 Å². The molecule has 2 aromatic rings. The molecule has 1 aliphatic heterocycles. The Morgan fingerprint density at radius 3 is 2.71 bits per heavy atom. The molecule has 1 N–H and O–H groups in total. The summed E-state index contributed by atoms with van der Waals surface area (Å²) in [6, 6.07) is 16.4. The van der Waals surface area contributed by atoms with Crippen molar-refractivity contribution in [3.05, 3.63) is 57.7 Å². The van der Waals surface area contributed by atoms with E-state index in [1.54, 1.807) is 0 Å². The summed E-state index contributed by atoms with van der Waals surface area (Å²) in [5.41, 5.74) is 3.29. The molecule has 0 spiro atoms. The maximum Gasteiger partial charge on any atom is 0.246 e. The number of para-hydroxylation sites is 1. The SMILES string of the molecule is C[C@@H]1Cc2ccccc2N1C(=O)CNc1ccc(I)cc1. The van der Waals surface area contributed by atoms with Crippen molar-refractivity contribution in [3.63, 3.8) is 0 Å². The smallest absolute Gasteiger partial charge is 0.246 e. The molecule has 21 heavy (non-hydrogen) atoms. The largest absolute Gasteiger partial charge is 0.376 e. The predicted molar refractivity (Wildman–Crippen MR) is 94.7 cm³/mol. The third kappa shape index (κ3) is 3.05. The molecule has 108 valence electrons. The molecule has 2 aromatic carbocycles. The number of halogens is 1. The number of hydrogen-bond donors (Lipinski definition) is 1. The monoisotopic (exact) mass is 392 g/mol. The third-order valence-corrected chi connectivity index (χ3v) is 4.48. The minimum Gasteiger partial charge on any atom is -0.376 e. The van der Waals surface area contributed by atoms with Gasteiger partial charge in [-0.2, -0.15) is 0 Å². The number of carbonyl (C=O) groups is 1. The zero-order valence-corrected chi connectivity index (χ0v) is 14.0. The molecule has 0 saturated carbocycles. The Hall–Kier alpha value is -1.56. The van der Waals surface area contributed by atoms with E-state index in [0.29, 0.717) is 6.54 Å². The van der Waals surface area contributed by atoms with Gasteiger partial charge in [0, 0.05) is 21.0 Å². The minimum absolute atomic E-state index is 0.117. The summed E-state index contributed by atoms with van der Waals surface area (Å²) in [5, 5.41) is 3.21. The Labute approximate surface area is 138 Å². The summed E-state index contributed by atoms with van der Waals surface area (Å²) >= 11 is 2.27. The molecule has 1 atom stereocenters. The number of benzene rings is 2. The second-order valence-electron chi connectivity index (χ2n) is 5.31. The molecule has 0 unspecified atom stereocenters. The van der Waals surface area contributed by atoms with Crippen LogP contribution in [0, 0.1) is 3.57 Å². The van der Waals surface area contributed by atoms with Gasteiger partial charge in [-0.1, -0.05) is 18.2 Å². The van der Waals surface area contributed by atoms with Crippen LogP contribution >= 0.6 is 22.6 Å². The van der Waals surface area contributed by atoms with E-state index in [-0.39, 0.29) is 11.9 Å². The lowest BCUT2D eigenvalue weighted by molar-refractivity contribution is -0.117. The van der Waals surface area contributed by atoms with Gasteiger partial charge in [-0.25, -0.2) is 0 Å². The van der Waals surface area contributed by atoms with Crippen LogP contribution in [-0.4, -0.2) is 18.5 Å². The summed E-state index contributed by atoms with van der Waals surface area (Å²) in [7, 11) is 0. The van der Waals surface area contributed by atoms with E-state index in [1.165, 1.54) is 9.13 Å². The van der Waals surface area contributed by atoms with Crippen molar-refractivity contribution in [2.45, 2.75) is 19.4 Å². The molecule has 0 bridgehead atoms. The molecule has 0 saturated heterocycles. The topological polar surface area (TPSA) is 32.3 Å². The molecule has 1 heterocycles. The average Bonchev–Trinajstić information content (AvgIpc) is 2.82. The fourth-order valence-electron chi connectivity index (χ4n) is 2.78. The summed E-state index contributed by atoms with van der Waals surface area (Å²) in [6.45, 7) is 2.42. The Morgan fingerprint density at radius 1 is 1.24 bits per heavy atom. The van der Waals surface area contributed by atoms with Gasteiger partial charge in [0.15, 0.2) is 0 Å². The molecule has 0 fully saturated rings. The van der Waals surface area contributed by atoms with Crippen molar-refractivity contribution >= 4 is 39.9 Å². The summed E-state index contributed by atoms with van der Waals surface area (Å²) < 4.78 is 1.19. The van der Waals surface area contributed by atoms with E-state index in [0.717, 1.165) is 17.8 Å². The first-order valence-corrected chi connectivity index (χ1v) is 8.12. The van der Waals surface area contributed by atoms with Gasteiger partial charge in [0.05, 0.1) is 6.54 Å². The first-order chi connectivity index (χ1) is 10.1. The number of nitrogens with zero attached hydrogens (tertiary/aromatic N) is 1. The lowest BCUT2D eigenvalue weighted by Crippen LogP contribution is -2.39. The van der Waals surface area contributed by atoms with Gasteiger partial charge in [-0.3, -0.25) is 4.79 Å². The maximum atomic E-state index is 12.5. The van der Waals surface area contributed by atoms with Crippen molar-refractivity contribution in [1.82, 2.24) is 0 Å². The van der Waals surface area contributed by atoms with Gasteiger partial charge in [-0.15, -0.1) is 0 Å². The number of anilines is 2. The quantitative estimate of drug-likeness (QED) is 0.809. The molecular weight excluding hydrogens is 375 g/mol. The Morgan fingerprint density at radius 2 is 1.95 bits per heavy atom. The third-order valence-electron chi connectivity index (χ3n) is 3.76. The van der Waals surface area contributed by atoms with Crippen molar-refractivity contribution in [2.24, 2.45) is 0 Å². The van der Waals surface area contributed by atoms with Crippen LogP contribution in [0.25, 0.3) is 0 Å². The lowest BCUT2D eigenvalue weighted by atomic mass is 10.1. The molecule has 0 aromatic heterocycles. The second kappa shape index (κ2) is 6.05. The zero-order valence-electron chi connectivity index (χ0n) is 11.8. The number of hydrogen-bond acceptors (Lipinski definition) is 2. The zero-order chi connectivity index (χ0) is 14.8. The van der Waals surface area contributed by atoms with Gasteiger partial charge in [0.1, 0.15) is 0 Å². The molecular formula is C17H17IN2O. The van der Waals surface area contributed by atoms with E-state index in [2.05, 4.69) is 40.9 Å². The number of rotatable bonds is 3. The molecule has 4 heteroatoms. The van der Waals surface area contributed by atoms with Crippen molar-refractivity contribution in [1.29, 1.82) is 0 Å². The summed E-state index contributed by atoms with van der Waals surface area (Å²) in [5.74, 6) is 0.117. The molecule has 0 radical (unpaired) electrons. The Balaban J connectivity index is 1.70. The molecule has 0 aliphatic carbocycles. The van der Waals surface area contributed by atoms with Gasteiger partial charge < -0.3 is 10.2 Å². The standard InChI is InChI=1S/C17H17IN2O/c1-12-10-13-4-2-3-5-16(13)20(12)17(21)11-19-15-8-6-14(18)7-9-15/h2-9,12,19H,10-11H2,1H3/t12-/m1/s1. The van der Waals surface area contributed by atoms with Crippen molar-refractivity contribution < 1.29 is 4.79 Å². The lowest BCUT2D eigenvalue weighted by Gasteiger charge is -2.23. The molecule has 3 rings (SSSR count). The van der Waals surface area contributed by atoms with Gasteiger partial charge in [-0.05, 0) is 71.8 Å². The minimum atomic E-state index is 0.117. The highest BCUT2D eigenvalue weighted by Gasteiger charge is 2.29. The summed E-state index contributed by atoms with van der Waals surface area (Å²) in [6.07, 6.45) is 0.936. The highest BCUT2D eigenvalue weighted by molar-refractivity contribution is 14.1. The van der Waals surface area contributed by atoms with E-state index in [4.69, 9.17) is 0 Å². The number of carbonyl (C=O) groups excluding carboxylic acids is 1. The second-order valence-corrected chi connectivity index (χ2v) is 6.55. The van der Waals surface area contributed by atoms with Gasteiger partial charge >= 0.3 is 0 Å². The predicted octanol–water partition coefficient (Wildman–Crippen LogP) is 3.68. The highest BCUT2D eigenvalue weighted by atomic mass is 127. The molecule has 3 nitrogen and oxygen atoms in total. The first kappa shape index (κ1) is 14.4. The van der Waals surface area contributed by atoms with E-state index in [9.17, 15) is 4.79 Å². The maximum absolute atomic E-state index is 12.5. The summed E-state index contributed by atoms with van der Waals surface area (Å²) in [4.78, 5) is 14.4. The van der Waals surface area contributed by atoms with Crippen LogP contribution in [0.1, 0.15) is 12.5 Å². The average molecular weight is 392 g/mol. The van der Waals surface area contributed by atoms with Crippen LogP contribution < -0.4 is 10.2 Å². The Kier molecular flexibility index (Phi) is 4.14. The van der Waals surface area contributed by atoms with Crippen LogP contribution in [0.2, 0.25) is 0 Å². The van der Waals surface area contributed by atoms with E-state index in [1.807, 2.05) is 47.4 Å².